The molecule has 23 heteroatoms. The van der Waals surface area contributed by atoms with E-state index in [1.807, 2.05) is 55.4 Å². The van der Waals surface area contributed by atoms with Crippen molar-refractivity contribution in [3.8, 4) is 0 Å². The quantitative estimate of drug-likeness (QED) is 0.0184. The number of ether oxygens (including phenoxy) is 9. The van der Waals surface area contributed by atoms with Crippen LogP contribution in [-0.2, 0) is 57.0 Å². The van der Waals surface area contributed by atoms with Crippen LogP contribution in [0, 0.1) is 56.2 Å². The molecule has 0 bridgehead atoms. The topological polar surface area (TPSA) is 357 Å². The van der Waals surface area contributed by atoms with Crippen LogP contribution in [0.2, 0.25) is 0 Å². The number of esters is 3. The van der Waals surface area contributed by atoms with Gasteiger partial charge < -0.3 is 98.8 Å². The SMILES string of the molecule is CCCCCOC(=O)[C@@H]1O[C@@H](O[C@@H]2CC[C@]3(C)[C@H]4CC=C5[C@H]6CC(C)(C)[C@@H](OC(=O)/C=C(/C)CCC=C(C)C)[C@H](OC(=O)[C@H](C)CC)[C@@]6(CO)[C@H](O)[C@H](O)[C@@]5(C)[C@@]4(C)CC[C@H]3C2(C)C)[C@@H](O[C@H]2O[C@@H](CO)[C@H](O)[C@@H](O)[C@H]2O)[C@H](O)[C@@H]1O[C@@H]1O[C@@H](CO)[C@@H](O)[C@H]1O. The summed E-state index contributed by atoms with van der Waals surface area (Å²) in [5, 5.41) is 126. The van der Waals surface area contributed by atoms with E-state index in [1.165, 1.54) is 6.08 Å². The predicted octanol–water partition coefficient (Wildman–Crippen LogP) is 3.72. The lowest BCUT2D eigenvalue weighted by Crippen LogP contribution is -2.76. The summed E-state index contributed by atoms with van der Waals surface area (Å²) in [6, 6.07) is 0. The number of unbranched alkanes of at least 4 members (excludes halogenated alkanes) is 2. The maximum absolute atomic E-state index is 14.3. The Balaban J connectivity index is 1.13. The van der Waals surface area contributed by atoms with Crippen LogP contribution in [0.1, 0.15) is 167 Å². The van der Waals surface area contributed by atoms with Crippen molar-refractivity contribution in [1.82, 2.24) is 0 Å². The first kappa shape index (κ1) is 72.8. The molecule has 0 spiro atoms. The molecule has 4 saturated carbocycles. The fourth-order valence-corrected chi connectivity index (χ4v) is 17.6. The van der Waals surface area contributed by atoms with Crippen LogP contribution < -0.4 is 0 Å². The van der Waals surface area contributed by atoms with Gasteiger partial charge in [-0.05, 0) is 119 Å². The molecule has 90 heavy (non-hydrogen) atoms. The van der Waals surface area contributed by atoms with Crippen LogP contribution in [0.3, 0.4) is 0 Å². The molecule has 11 N–H and O–H groups in total. The normalized spacial score (nSPS) is 45.0. The number of hydrogen-bond donors (Lipinski definition) is 11. The van der Waals surface area contributed by atoms with Gasteiger partial charge in [0, 0.05) is 16.9 Å². The summed E-state index contributed by atoms with van der Waals surface area (Å²) in [5.74, 6) is -3.68. The first-order chi connectivity index (χ1) is 42.2. The second kappa shape index (κ2) is 28.3. The van der Waals surface area contributed by atoms with Gasteiger partial charge in [0.05, 0.1) is 56.1 Å². The lowest BCUT2D eigenvalue weighted by molar-refractivity contribution is -0.383. The van der Waals surface area contributed by atoms with Gasteiger partial charge in [-0.25, -0.2) is 9.59 Å². The minimum atomic E-state index is -1.99. The zero-order valence-electron chi connectivity index (χ0n) is 55.1. The number of allylic oxidation sites excluding steroid dienone is 4. The third kappa shape index (κ3) is 13.0. The van der Waals surface area contributed by atoms with Gasteiger partial charge in [-0.1, -0.05) is 111 Å². The lowest BCUT2D eigenvalue weighted by Gasteiger charge is -2.73. The average molecular weight is 1280 g/mol. The lowest BCUT2D eigenvalue weighted by atomic mass is 9.32. The second-order valence-electron chi connectivity index (χ2n) is 29.8. The summed E-state index contributed by atoms with van der Waals surface area (Å²) in [5.41, 5.74) is -2.87. The Morgan fingerprint density at radius 3 is 1.92 bits per heavy atom. The van der Waals surface area contributed by atoms with E-state index in [0.717, 1.165) is 36.0 Å². The van der Waals surface area contributed by atoms with E-state index >= 15 is 0 Å². The van der Waals surface area contributed by atoms with Crippen LogP contribution in [-0.4, -0.2) is 217 Å². The van der Waals surface area contributed by atoms with Crippen molar-refractivity contribution in [2.75, 3.05) is 26.4 Å². The molecule has 0 radical (unpaired) electrons. The van der Waals surface area contributed by atoms with Gasteiger partial charge in [-0.3, -0.25) is 4.79 Å². The second-order valence-corrected chi connectivity index (χ2v) is 29.8. The standard InChI is InChI=1S/C67H108O23/c1-14-16-17-27-82-58(81)52-50(87-59-47(75)45(73)39(31-69)84-59)49(77)51(88-60-48(76)46(74)44(72)38(30-68)83-60)61(89-52)85-42-24-25-64(11)40(63(42,9)10)23-26-65(12)41(64)22-21-36-37-29-62(7,8)55(86-43(71)28-34(5)20-18-19-33(3)4)56(90-57(80)35(6)15-2)67(37,32-70)54(79)53(78)66(36,65)13/h19,21,28,35,37-42,44-56,59-61,68-70,72-79H,14-18,20,22-27,29-32H2,1-13H3/b34-28-/t35-,37-,38+,39+,40+,41-,42-,44+,45-,46-,47-,48-,49-,50+,51+,52-,53+,54-,55+,56+,59+,60-,61-,64+,65+,66+,67-/m1/s1. The summed E-state index contributed by atoms with van der Waals surface area (Å²) < 4.78 is 56.0. The molecule has 514 valence electrons. The van der Waals surface area contributed by atoms with E-state index in [2.05, 4.69) is 39.8 Å². The number of rotatable bonds is 22. The molecule has 3 aliphatic heterocycles. The van der Waals surface area contributed by atoms with Crippen molar-refractivity contribution in [2.45, 2.75) is 284 Å². The molecule has 0 aromatic carbocycles. The predicted molar refractivity (Wildman–Crippen MR) is 323 cm³/mol. The smallest absolute Gasteiger partial charge is 0.338 e. The fourth-order valence-electron chi connectivity index (χ4n) is 17.6. The van der Waals surface area contributed by atoms with E-state index < -0.39 is 199 Å². The van der Waals surface area contributed by atoms with E-state index in [-0.39, 0.29) is 18.4 Å². The molecule has 8 aliphatic rings. The molecule has 7 fully saturated rings. The molecule has 5 aliphatic carbocycles. The summed E-state index contributed by atoms with van der Waals surface area (Å²) in [6.45, 7) is 23.6. The van der Waals surface area contributed by atoms with E-state index in [1.54, 1.807) is 6.92 Å². The molecule has 3 saturated heterocycles. The summed E-state index contributed by atoms with van der Waals surface area (Å²) in [6.07, 6.45) is -18.5. The van der Waals surface area contributed by atoms with Crippen molar-refractivity contribution in [2.24, 2.45) is 56.2 Å². The van der Waals surface area contributed by atoms with Crippen LogP contribution >= 0.6 is 0 Å². The van der Waals surface area contributed by atoms with Crippen molar-refractivity contribution in [1.29, 1.82) is 0 Å². The van der Waals surface area contributed by atoms with E-state index in [4.69, 9.17) is 42.6 Å². The first-order valence-corrected chi connectivity index (χ1v) is 33.0. The van der Waals surface area contributed by atoms with Gasteiger partial charge in [0.2, 0.25) is 0 Å². The molecule has 0 unspecified atom stereocenters. The van der Waals surface area contributed by atoms with Crippen molar-refractivity contribution >= 4 is 17.9 Å². The molecule has 8 rings (SSSR count). The zero-order valence-corrected chi connectivity index (χ0v) is 55.1. The molecule has 0 aromatic heterocycles. The monoisotopic (exact) mass is 1280 g/mol. The number of carbonyl (C=O) groups excluding carboxylic acids is 3. The highest BCUT2D eigenvalue weighted by Gasteiger charge is 2.76. The molecular formula is C67H108O23. The highest BCUT2D eigenvalue weighted by atomic mass is 16.8. The number of carbonyl (C=O) groups is 3. The van der Waals surface area contributed by atoms with Crippen LogP contribution in [0.5, 0.6) is 0 Å². The average Bonchev–Trinajstić information content (AvgIpc) is 0.730. The maximum atomic E-state index is 14.3. The van der Waals surface area contributed by atoms with Crippen molar-refractivity contribution in [3.05, 3.63) is 34.9 Å². The minimum absolute atomic E-state index is 0.0381. The third-order valence-corrected chi connectivity index (χ3v) is 23.3. The van der Waals surface area contributed by atoms with Gasteiger partial charge >= 0.3 is 17.9 Å². The van der Waals surface area contributed by atoms with Crippen molar-refractivity contribution in [3.63, 3.8) is 0 Å². The first-order valence-electron chi connectivity index (χ1n) is 33.0. The van der Waals surface area contributed by atoms with Gasteiger partial charge in [0.1, 0.15) is 67.1 Å². The Bertz CT molecular complexity index is 2580. The zero-order chi connectivity index (χ0) is 66.5. The van der Waals surface area contributed by atoms with E-state index in [0.29, 0.717) is 57.8 Å². The summed E-state index contributed by atoms with van der Waals surface area (Å²) in [7, 11) is 0. The number of hydrogen-bond acceptors (Lipinski definition) is 23. The highest BCUT2D eigenvalue weighted by Crippen LogP contribution is 2.76. The number of fused-ring (bicyclic) bond motifs is 7. The van der Waals surface area contributed by atoms with Crippen LogP contribution in [0.15, 0.2) is 34.9 Å². The number of aliphatic hydroxyl groups excluding tert-OH is 11. The van der Waals surface area contributed by atoms with Gasteiger partial charge in [-0.15, -0.1) is 0 Å². The van der Waals surface area contributed by atoms with Gasteiger partial charge in [0.25, 0.3) is 0 Å². The molecular weight excluding hydrogens is 1170 g/mol. The Morgan fingerprint density at radius 1 is 0.700 bits per heavy atom. The van der Waals surface area contributed by atoms with Crippen molar-refractivity contribution < 1.29 is 113 Å². The Kier molecular flexibility index (Phi) is 22.9. The molecule has 0 aromatic rings. The van der Waals surface area contributed by atoms with Crippen LogP contribution in [0.4, 0.5) is 0 Å². The van der Waals surface area contributed by atoms with Crippen LogP contribution in [0.25, 0.3) is 0 Å². The minimum Gasteiger partial charge on any atom is -0.464 e. The van der Waals surface area contributed by atoms with E-state index in [9.17, 15) is 70.6 Å². The maximum Gasteiger partial charge on any atom is 0.338 e. The van der Waals surface area contributed by atoms with Gasteiger partial charge in [-0.2, -0.15) is 0 Å². The Morgan fingerprint density at radius 2 is 1.32 bits per heavy atom. The fraction of sp³-hybridized carbons (Fsp3) is 0.866. The molecule has 27 atom stereocenters. The molecule has 3 heterocycles. The summed E-state index contributed by atoms with van der Waals surface area (Å²) >= 11 is 0. The largest absolute Gasteiger partial charge is 0.464 e. The summed E-state index contributed by atoms with van der Waals surface area (Å²) in [4.78, 5) is 42.4. The molecule has 0 amide bonds. The Hall–Kier alpha value is -3.05. The highest BCUT2D eigenvalue weighted by molar-refractivity contribution is 5.83. The molecule has 23 nitrogen and oxygen atoms in total. The number of aliphatic hydroxyl groups is 11. The van der Waals surface area contributed by atoms with Gasteiger partial charge in [0.15, 0.2) is 31.1 Å². The Labute approximate surface area is 530 Å². The third-order valence-electron chi connectivity index (χ3n) is 23.3.